The Morgan fingerprint density at radius 3 is 0.775 bits per heavy atom. The first kappa shape index (κ1) is 75.8. The molecule has 0 amide bonds. The molecule has 15 heteroatoms. The van der Waals surface area contributed by atoms with Crippen LogP contribution in [0, 0.1) is 0 Å². The van der Waals surface area contributed by atoms with Crippen LogP contribution in [0.4, 0.5) is 110 Å². The van der Waals surface area contributed by atoms with Gasteiger partial charge < -0.3 is 42.8 Å². The Bertz CT molecular complexity index is 6790. The van der Waals surface area contributed by atoms with Gasteiger partial charge in [-0.15, -0.1) is 0 Å². The van der Waals surface area contributed by atoms with Crippen molar-refractivity contribution < 1.29 is 34.6 Å². The summed E-state index contributed by atoms with van der Waals surface area (Å²) < 4.78 is 85.3. The summed E-state index contributed by atoms with van der Waals surface area (Å²) in [4.78, 5) is 10.8. The maximum absolute atomic E-state index is 13.7. The Hall–Kier alpha value is -15.6. The molecular formula is C105H75F3N6O5S. The van der Waals surface area contributed by atoms with Gasteiger partial charge in [-0.2, -0.15) is 21.6 Å². The zero-order chi connectivity index (χ0) is 81.4. The topological polar surface area (TPSA) is 97.9 Å². The van der Waals surface area contributed by atoms with E-state index in [1.807, 2.05) is 212 Å². The van der Waals surface area contributed by atoms with E-state index >= 15 is 0 Å². The van der Waals surface area contributed by atoms with Crippen LogP contribution in [0.25, 0.3) is 65.4 Å². The number of furan rings is 2. The van der Waals surface area contributed by atoms with Gasteiger partial charge in [0.15, 0.2) is 22.3 Å². The molecule has 11 nitrogen and oxygen atoms in total. The van der Waals surface area contributed by atoms with Crippen LogP contribution in [-0.2, 0) is 10.1 Å². The van der Waals surface area contributed by atoms with E-state index in [1.54, 1.807) is 4.90 Å². The van der Waals surface area contributed by atoms with Gasteiger partial charge in [-0.05, 0) is 197 Å². The van der Waals surface area contributed by atoms with Gasteiger partial charge in [0.2, 0.25) is 0 Å². The van der Waals surface area contributed by atoms with Crippen molar-refractivity contribution in [1.29, 1.82) is 0 Å². The van der Waals surface area contributed by atoms with E-state index in [9.17, 15) is 21.6 Å². The molecule has 0 aliphatic carbocycles. The number of nitrogens with one attached hydrogen (secondary N) is 1. The van der Waals surface area contributed by atoms with Gasteiger partial charge in [0.1, 0.15) is 5.75 Å². The quantitative estimate of drug-likeness (QED) is 0.0619. The third kappa shape index (κ3) is 15.5. The van der Waals surface area contributed by atoms with Crippen molar-refractivity contribution in [1.82, 2.24) is 0 Å². The molecule has 0 radical (unpaired) electrons. The number of hydrogen-bond donors (Lipinski definition) is 1. The summed E-state index contributed by atoms with van der Waals surface area (Å²) in [6, 6.07) is 149. The molecule has 20 rings (SSSR count). The molecule has 0 aliphatic heterocycles. The first-order valence-corrected chi connectivity index (χ1v) is 40.6. The lowest BCUT2D eigenvalue weighted by Gasteiger charge is -2.29. The first-order chi connectivity index (χ1) is 59.0. The maximum Gasteiger partial charge on any atom is 0.534 e. The minimum absolute atomic E-state index is 0.273. The third-order valence-corrected chi connectivity index (χ3v) is 21.7. The predicted molar refractivity (Wildman–Crippen MR) is 488 cm³/mol. The van der Waals surface area contributed by atoms with Crippen LogP contribution in [0.3, 0.4) is 0 Å². The summed E-state index contributed by atoms with van der Waals surface area (Å²) in [5, 5.41) is 10.2. The second-order valence-corrected chi connectivity index (χ2v) is 29.9. The van der Waals surface area contributed by atoms with Gasteiger partial charge in [-0.3, -0.25) is 0 Å². The molecule has 0 unspecified atom stereocenters. The van der Waals surface area contributed by atoms with Crippen LogP contribution in [-0.4, -0.2) is 13.9 Å². The van der Waals surface area contributed by atoms with Gasteiger partial charge >= 0.3 is 15.6 Å². The van der Waals surface area contributed by atoms with E-state index in [4.69, 9.17) is 13.0 Å². The van der Waals surface area contributed by atoms with Crippen molar-refractivity contribution >= 4 is 172 Å². The molecular weight excluding hydrogens is 1510 g/mol. The van der Waals surface area contributed by atoms with Crippen LogP contribution in [0.2, 0.25) is 0 Å². The molecule has 0 aliphatic rings. The van der Waals surface area contributed by atoms with Crippen molar-refractivity contribution in [2.75, 3.05) is 29.8 Å². The fourth-order valence-corrected chi connectivity index (χ4v) is 15.9. The summed E-state index contributed by atoms with van der Waals surface area (Å²) in [5.74, 6) is -0.521. The second kappa shape index (κ2) is 33.7. The highest BCUT2D eigenvalue weighted by molar-refractivity contribution is 7.88. The molecule has 0 saturated heterocycles. The number of nitrogens with zero attached hydrogens (tertiary/aromatic N) is 5. The minimum Gasteiger partial charge on any atom is -0.452 e. The molecule has 18 aromatic carbocycles. The number of hydrogen-bond acceptors (Lipinski definition) is 11. The number of alkyl halides is 3. The van der Waals surface area contributed by atoms with Gasteiger partial charge in [-0.25, -0.2) is 0 Å². The zero-order valence-corrected chi connectivity index (χ0v) is 65.4. The zero-order valence-electron chi connectivity index (χ0n) is 64.5. The number of benzene rings is 18. The number of para-hydroxylation sites is 12. The first-order valence-electron chi connectivity index (χ1n) is 39.2. The standard InChI is InChI=1S/C52H37N3O.C41H27F3N2O4S.C12H11N/c1-7-22-39(23-8-1)53(40-24-9-2-10-25-40)45-36-47-50-46-34-20-19-21-38(46)35-48(54(41-26-11-3-12-27-41)42-28-13-4-14-29-42)52(50)56-51(47)49(37-45)55(43-30-15-5-16-31-43)44-32-17-6-18-33-44;42-41(43,44)51(47,48)50-33-26-35-38-34-24-14-13-15-28(34)25-36(45(29-16-5-1-6-17-29)30-18-7-2-8-19-30)40(38)49-39(35)37(27-33)46(31-20-9-3-10-21-31)32-22-11-4-12-23-32;1-3-7-11(8-4-1)13-12-9-5-2-6-10-12/h1-37H;1-27H;1-10,13H. The molecule has 2 heterocycles. The lowest BCUT2D eigenvalue weighted by molar-refractivity contribution is -0.0500. The van der Waals surface area contributed by atoms with Crippen LogP contribution < -0.4 is 34.0 Å². The number of rotatable bonds is 19. The summed E-state index contributed by atoms with van der Waals surface area (Å²) in [6.45, 7) is 0. The molecule has 20 aromatic rings. The fourth-order valence-electron chi connectivity index (χ4n) is 15.5. The average Bonchev–Trinajstić information content (AvgIpc) is 1.56. The average molecular weight is 1590 g/mol. The van der Waals surface area contributed by atoms with E-state index in [0.717, 1.165) is 117 Å². The van der Waals surface area contributed by atoms with Crippen molar-refractivity contribution in [3.63, 3.8) is 0 Å². The van der Waals surface area contributed by atoms with Crippen LogP contribution >= 0.6 is 0 Å². The molecule has 0 fully saturated rings. The summed E-state index contributed by atoms with van der Waals surface area (Å²) >= 11 is 0. The maximum atomic E-state index is 13.7. The molecule has 582 valence electrons. The van der Waals surface area contributed by atoms with Gasteiger partial charge in [-0.1, -0.05) is 267 Å². The molecule has 1 N–H and O–H groups in total. The SMILES string of the molecule is O=S(=O)(Oc1cc(N(c2ccccc2)c2ccccc2)c2oc3c(N(c4ccccc4)c4ccccc4)cc4ccccc4c3c2c1)C(F)(F)F.c1ccc(N(c2ccccc2)c2cc(N(c3ccccc3)c3ccccc3)c3oc4c(N(c5ccccc5)c5ccccc5)cc5ccccc5c4c3c2)cc1.c1ccc(Nc2ccccc2)cc1. The Balaban J connectivity index is 0.000000143. The smallest absolute Gasteiger partial charge is 0.452 e. The van der Waals surface area contributed by atoms with Crippen molar-refractivity contribution in [3.8, 4) is 5.75 Å². The predicted octanol–water partition coefficient (Wildman–Crippen LogP) is 30.5. The monoisotopic (exact) mass is 1590 g/mol. The minimum atomic E-state index is -6.02. The molecule has 0 atom stereocenters. The van der Waals surface area contributed by atoms with Crippen LogP contribution in [0.1, 0.15) is 0 Å². The summed E-state index contributed by atoms with van der Waals surface area (Å²) in [5.41, 5.74) is 12.1. The normalized spacial score (nSPS) is 11.4. The van der Waals surface area contributed by atoms with E-state index in [2.05, 4.69) is 249 Å². The van der Waals surface area contributed by atoms with E-state index < -0.39 is 21.4 Å². The highest BCUT2D eigenvalue weighted by Gasteiger charge is 2.49. The van der Waals surface area contributed by atoms with Crippen LogP contribution in [0.5, 0.6) is 5.75 Å². The van der Waals surface area contributed by atoms with E-state index in [-0.39, 0.29) is 5.69 Å². The lowest BCUT2D eigenvalue weighted by Crippen LogP contribution is -2.28. The Labute approximate surface area is 692 Å². The number of anilines is 17. The van der Waals surface area contributed by atoms with Crippen LogP contribution in [0.15, 0.2) is 458 Å². The third-order valence-electron chi connectivity index (χ3n) is 20.7. The van der Waals surface area contributed by atoms with Crippen molar-refractivity contribution in [2.45, 2.75) is 5.51 Å². The fraction of sp³-hybridized carbons (Fsp3) is 0.00952. The van der Waals surface area contributed by atoms with Gasteiger partial charge in [0.25, 0.3) is 0 Å². The highest BCUT2D eigenvalue weighted by atomic mass is 32.2. The molecule has 0 saturated carbocycles. The van der Waals surface area contributed by atoms with Crippen molar-refractivity contribution in [3.05, 3.63) is 449 Å². The molecule has 0 spiro atoms. The number of halogens is 3. The van der Waals surface area contributed by atoms with Gasteiger partial charge in [0, 0.05) is 102 Å². The molecule has 0 bridgehead atoms. The Kier molecular flexibility index (Phi) is 21.3. The van der Waals surface area contributed by atoms with E-state index in [1.165, 1.54) is 12.1 Å². The Morgan fingerprint density at radius 1 is 0.242 bits per heavy atom. The summed E-state index contributed by atoms with van der Waals surface area (Å²) in [7, 11) is -6.02. The lowest BCUT2D eigenvalue weighted by atomic mass is 10.00. The second-order valence-electron chi connectivity index (χ2n) is 28.4. The largest absolute Gasteiger partial charge is 0.534 e. The van der Waals surface area contributed by atoms with Gasteiger partial charge in [0.05, 0.1) is 22.7 Å². The summed E-state index contributed by atoms with van der Waals surface area (Å²) in [6.07, 6.45) is 0. The van der Waals surface area contributed by atoms with Crippen molar-refractivity contribution in [2.24, 2.45) is 0 Å². The number of fused-ring (bicyclic) bond motifs is 10. The Morgan fingerprint density at radius 2 is 0.483 bits per heavy atom. The highest BCUT2D eigenvalue weighted by Crippen LogP contribution is 2.54. The molecule has 120 heavy (non-hydrogen) atoms. The molecule has 2 aromatic heterocycles. The van der Waals surface area contributed by atoms with E-state index in [0.29, 0.717) is 39.0 Å².